The molecule has 0 spiro atoms. The maximum Gasteiger partial charge on any atom is 0.241 e. The predicted octanol–water partition coefficient (Wildman–Crippen LogP) is 3.41. The van der Waals surface area contributed by atoms with Crippen LogP contribution in [0.4, 0.5) is 0 Å². The highest BCUT2D eigenvalue weighted by Crippen LogP contribution is 2.18. The molecule has 0 aliphatic heterocycles. The van der Waals surface area contributed by atoms with Crippen LogP contribution in [-0.2, 0) is 21.4 Å². The molecule has 27 heavy (non-hydrogen) atoms. The average molecular weight is 393 g/mol. The first kappa shape index (κ1) is 21.2. The molecule has 148 valence electrons. The minimum Gasteiger partial charge on any atom is -0.467 e. The molecule has 0 bridgehead atoms. The van der Waals surface area contributed by atoms with Crippen LogP contribution in [0.5, 0.6) is 0 Å². The van der Waals surface area contributed by atoms with Gasteiger partial charge in [-0.05, 0) is 48.1 Å². The van der Waals surface area contributed by atoms with Gasteiger partial charge in [-0.25, -0.2) is 8.42 Å². The van der Waals surface area contributed by atoms with Gasteiger partial charge < -0.3 is 9.73 Å². The summed E-state index contributed by atoms with van der Waals surface area (Å²) >= 11 is 0. The molecular weight excluding hydrogens is 364 g/mol. The summed E-state index contributed by atoms with van der Waals surface area (Å²) < 4.78 is 33.2. The number of carbonyl (C=O) groups is 1. The van der Waals surface area contributed by atoms with Gasteiger partial charge in [-0.2, -0.15) is 4.72 Å². The molecular formula is C20H28N2O4S. The molecule has 2 rings (SSSR count). The van der Waals surface area contributed by atoms with E-state index in [1.54, 1.807) is 36.4 Å². The van der Waals surface area contributed by atoms with Gasteiger partial charge in [0.25, 0.3) is 0 Å². The fourth-order valence-electron chi connectivity index (χ4n) is 2.68. The second kappa shape index (κ2) is 9.19. The largest absolute Gasteiger partial charge is 0.467 e. The van der Waals surface area contributed by atoms with Crippen LogP contribution in [-0.4, -0.2) is 20.4 Å². The second-order valence-corrected chi connectivity index (χ2v) is 9.04. The van der Waals surface area contributed by atoms with Crippen molar-refractivity contribution in [1.82, 2.24) is 10.0 Å². The van der Waals surface area contributed by atoms with Gasteiger partial charge in [0.15, 0.2) is 0 Å². The molecule has 6 nitrogen and oxygen atoms in total. The first-order valence-electron chi connectivity index (χ1n) is 9.11. The fourth-order valence-corrected chi connectivity index (χ4v) is 3.89. The van der Waals surface area contributed by atoms with Crippen LogP contribution in [0.2, 0.25) is 0 Å². The lowest BCUT2D eigenvalue weighted by molar-refractivity contribution is -0.123. The van der Waals surface area contributed by atoms with E-state index in [1.807, 2.05) is 27.7 Å². The van der Waals surface area contributed by atoms with Crippen molar-refractivity contribution < 1.29 is 17.6 Å². The molecule has 2 N–H and O–H groups in total. The molecule has 0 unspecified atom stereocenters. The van der Waals surface area contributed by atoms with Crippen molar-refractivity contribution in [3.05, 3.63) is 54.0 Å². The van der Waals surface area contributed by atoms with E-state index >= 15 is 0 Å². The molecule has 1 heterocycles. The molecule has 0 aliphatic rings. The monoisotopic (exact) mass is 392 g/mol. The van der Waals surface area contributed by atoms with Crippen molar-refractivity contribution in [1.29, 1.82) is 0 Å². The number of rotatable bonds is 9. The first-order valence-corrected chi connectivity index (χ1v) is 10.6. The van der Waals surface area contributed by atoms with Crippen LogP contribution in [0.15, 0.2) is 52.0 Å². The quantitative estimate of drug-likeness (QED) is 0.684. The first-order chi connectivity index (χ1) is 12.7. The zero-order valence-electron chi connectivity index (χ0n) is 16.2. The molecule has 0 radical (unpaired) electrons. The summed E-state index contributed by atoms with van der Waals surface area (Å²) in [4.78, 5) is 12.7. The van der Waals surface area contributed by atoms with Gasteiger partial charge in [-0.15, -0.1) is 0 Å². The lowest BCUT2D eigenvalue weighted by atomic mass is 10.0. The van der Waals surface area contributed by atoms with E-state index in [4.69, 9.17) is 4.42 Å². The number of sulfonamides is 1. The Kier molecular flexibility index (Phi) is 7.21. The van der Waals surface area contributed by atoms with E-state index < -0.39 is 16.1 Å². The molecule has 0 saturated heterocycles. The second-order valence-electron chi connectivity index (χ2n) is 7.32. The lowest BCUT2D eigenvalue weighted by Crippen LogP contribution is -2.47. The van der Waals surface area contributed by atoms with Crippen molar-refractivity contribution in [3.8, 4) is 0 Å². The van der Waals surface area contributed by atoms with Crippen molar-refractivity contribution in [2.24, 2.45) is 5.92 Å². The smallest absolute Gasteiger partial charge is 0.241 e. The number of nitrogens with one attached hydrogen (secondary N) is 2. The third-order valence-corrected chi connectivity index (χ3v) is 5.68. The SMILES string of the molecule is CC(C)C[C@H](NS(=O)(=O)c1ccc(C(C)C)cc1)C(=O)NCc1ccco1. The molecule has 7 heteroatoms. The Morgan fingerprint density at radius 1 is 1.07 bits per heavy atom. The van der Waals surface area contributed by atoms with Crippen molar-refractivity contribution in [3.63, 3.8) is 0 Å². The summed E-state index contributed by atoms with van der Waals surface area (Å²) in [6, 6.07) is 9.38. The number of benzene rings is 1. The third-order valence-electron chi connectivity index (χ3n) is 4.20. The van der Waals surface area contributed by atoms with Crippen molar-refractivity contribution in [2.45, 2.75) is 57.5 Å². The Morgan fingerprint density at radius 3 is 2.26 bits per heavy atom. The summed E-state index contributed by atoms with van der Waals surface area (Å²) in [5.41, 5.74) is 1.06. The number of hydrogen-bond acceptors (Lipinski definition) is 4. The van der Waals surface area contributed by atoms with Crippen LogP contribution in [0.3, 0.4) is 0 Å². The van der Waals surface area contributed by atoms with Gasteiger partial charge >= 0.3 is 0 Å². The van der Waals surface area contributed by atoms with Gasteiger partial charge in [0.1, 0.15) is 11.8 Å². The minimum atomic E-state index is -3.80. The number of amides is 1. The molecule has 1 aromatic heterocycles. The van der Waals surface area contributed by atoms with Gasteiger partial charge in [0.2, 0.25) is 15.9 Å². The van der Waals surface area contributed by atoms with Crippen LogP contribution in [0, 0.1) is 5.92 Å². The molecule has 0 aliphatic carbocycles. The fraction of sp³-hybridized carbons (Fsp3) is 0.450. The van der Waals surface area contributed by atoms with E-state index in [9.17, 15) is 13.2 Å². The summed E-state index contributed by atoms with van der Waals surface area (Å²) in [5.74, 6) is 0.701. The summed E-state index contributed by atoms with van der Waals surface area (Å²) in [5, 5.41) is 2.73. The van der Waals surface area contributed by atoms with Crippen molar-refractivity contribution >= 4 is 15.9 Å². The molecule has 2 aromatic rings. The molecule has 1 amide bonds. The van der Waals surface area contributed by atoms with E-state index in [1.165, 1.54) is 6.26 Å². The van der Waals surface area contributed by atoms with E-state index in [0.717, 1.165) is 5.56 Å². The number of carbonyl (C=O) groups excluding carboxylic acids is 1. The van der Waals surface area contributed by atoms with E-state index in [2.05, 4.69) is 10.0 Å². The number of hydrogen-bond donors (Lipinski definition) is 2. The predicted molar refractivity (Wildman–Crippen MR) is 105 cm³/mol. The highest BCUT2D eigenvalue weighted by atomic mass is 32.2. The highest BCUT2D eigenvalue weighted by Gasteiger charge is 2.26. The van der Waals surface area contributed by atoms with Crippen LogP contribution in [0.1, 0.15) is 51.4 Å². The Hall–Kier alpha value is -2.12. The van der Waals surface area contributed by atoms with Crippen LogP contribution < -0.4 is 10.0 Å². The zero-order chi connectivity index (χ0) is 20.0. The molecule has 0 fully saturated rings. The summed E-state index contributed by atoms with van der Waals surface area (Å²) in [6.07, 6.45) is 1.92. The highest BCUT2D eigenvalue weighted by molar-refractivity contribution is 7.89. The van der Waals surface area contributed by atoms with Crippen LogP contribution >= 0.6 is 0 Å². The normalized spacial score (nSPS) is 13.1. The average Bonchev–Trinajstić information content (AvgIpc) is 3.12. The minimum absolute atomic E-state index is 0.148. The Morgan fingerprint density at radius 2 is 1.74 bits per heavy atom. The van der Waals surface area contributed by atoms with Gasteiger partial charge in [0, 0.05) is 0 Å². The van der Waals surface area contributed by atoms with Crippen molar-refractivity contribution in [2.75, 3.05) is 0 Å². The third kappa shape index (κ3) is 6.22. The van der Waals surface area contributed by atoms with Gasteiger partial charge in [-0.3, -0.25) is 4.79 Å². The van der Waals surface area contributed by atoms with E-state index in [-0.39, 0.29) is 23.3 Å². The maximum atomic E-state index is 12.7. The number of furan rings is 1. The molecule has 1 aromatic carbocycles. The van der Waals surface area contributed by atoms with Crippen LogP contribution in [0.25, 0.3) is 0 Å². The topological polar surface area (TPSA) is 88.4 Å². The Bertz CT molecular complexity index is 825. The van der Waals surface area contributed by atoms with Gasteiger partial charge in [0.05, 0.1) is 17.7 Å². The molecule has 0 saturated carbocycles. The van der Waals surface area contributed by atoms with E-state index in [0.29, 0.717) is 18.1 Å². The Balaban J connectivity index is 2.11. The van der Waals surface area contributed by atoms with Gasteiger partial charge in [-0.1, -0.05) is 39.8 Å². The summed E-state index contributed by atoms with van der Waals surface area (Å²) in [6.45, 7) is 8.19. The molecule has 1 atom stereocenters. The summed E-state index contributed by atoms with van der Waals surface area (Å²) in [7, 11) is -3.80. The zero-order valence-corrected chi connectivity index (χ0v) is 17.0. The lowest BCUT2D eigenvalue weighted by Gasteiger charge is -2.20. The standard InChI is InChI=1S/C20H28N2O4S/c1-14(2)12-19(20(23)21-13-17-6-5-11-26-17)22-27(24,25)18-9-7-16(8-10-18)15(3)4/h5-11,14-15,19,22H,12-13H2,1-4H3,(H,21,23)/t19-/m0/s1. The maximum absolute atomic E-state index is 12.7. The Labute approximate surface area is 161 Å².